The summed E-state index contributed by atoms with van der Waals surface area (Å²) in [5.74, 6) is 1.20. The average molecular weight is 305 g/mol. The van der Waals surface area contributed by atoms with E-state index >= 15 is 0 Å². The first-order valence-electron chi connectivity index (χ1n) is 9.05. The summed E-state index contributed by atoms with van der Waals surface area (Å²) in [5, 5.41) is 0. The number of fused-ring (bicyclic) bond motifs is 3. The number of likely N-dealkylation sites (tertiary alicyclic amines) is 1. The van der Waals surface area contributed by atoms with Gasteiger partial charge in [-0.15, -0.1) is 0 Å². The molecule has 4 rings (SSSR count). The highest BCUT2D eigenvalue weighted by Gasteiger charge is 2.52. The van der Waals surface area contributed by atoms with Gasteiger partial charge in [-0.25, -0.2) is 0 Å². The minimum Gasteiger partial charge on any atom is -0.295 e. The zero-order valence-electron chi connectivity index (χ0n) is 14.5. The molecule has 1 fully saturated rings. The second-order valence-corrected chi connectivity index (χ2v) is 7.58. The summed E-state index contributed by atoms with van der Waals surface area (Å²) >= 11 is 0. The molecular weight excluding hydrogens is 278 g/mol. The molecule has 0 radical (unpaired) electrons. The molecule has 1 saturated heterocycles. The van der Waals surface area contributed by atoms with E-state index in [1.54, 1.807) is 11.1 Å². The minimum absolute atomic E-state index is 0.281. The molecule has 0 aromatic heterocycles. The second-order valence-electron chi connectivity index (χ2n) is 7.58. The van der Waals surface area contributed by atoms with E-state index in [1.807, 2.05) is 0 Å². The van der Waals surface area contributed by atoms with E-state index in [-0.39, 0.29) is 5.54 Å². The Morgan fingerprint density at radius 2 is 1.65 bits per heavy atom. The highest BCUT2D eigenvalue weighted by molar-refractivity contribution is 5.46. The fourth-order valence-corrected chi connectivity index (χ4v) is 5.47. The highest BCUT2D eigenvalue weighted by atomic mass is 15.2. The zero-order valence-corrected chi connectivity index (χ0v) is 14.5. The summed E-state index contributed by atoms with van der Waals surface area (Å²) in [6.07, 6.45) is 2.53. The molecule has 0 bridgehead atoms. The molecule has 0 N–H and O–H groups in total. The predicted octanol–water partition coefficient (Wildman–Crippen LogP) is 5.18. The van der Waals surface area contributed by atoms with E-state index in [0.717, 1.165) is 6.54 Å². The SMILES string of the molecule is CCN1C(C)CC2c3ccccc3C(c3ccccc3)CC21C. The van der Waals surface area contributed by atoms with Crippen molar-refractivity contribution in [3.63, 3.8) is 0 Å². The molecule has 1 aliphatic carbocycles. The van der Waals surface area contributed by atoms with Gasteiger partial charge in [0.15, 0.2) is 0 Å². The standard InChI is InChI=1S/C22H27N/c1-4-23-16(2)14-21-19-13-9-8-12-18(19)20(15-22(21,23)3)17-10-6-5-7-11-17/h5-13,16,20-21H,4,14-15H2,1-3H3. The summed E-state index contributed by atoms with van der Waals surface area (Å²) < 4.78 is 0. The molecule has 0 amide bonds. The summed E-state index contributed by atoms with van der Waals surface area (Å²) in [7, 11) is 0. The largest absolute Gasteiger partial charge is 0.295 e. The molecule has 2 aromatic rings. The van der Waals surface area contributed by atoms with Crippen LogP contribution >= 0.6 is 0 Å². The molecule has 1 aliphatic heterocycles. The van der Waals surface area contributed by atoms with E-state index in [1.165, 1.54) is 18.4 Å². The lowest BCUT2D eigenvalue weighted by atomic mass is 9.65. The zero-order chi connectivity index (χ0) is 16.0. The molecule has 1 nitrogen and oxygen atoms in total. The van der Waals surface area contributed by atoms with Gasteiger partial charge in [0.05, 0.1) is 0 Å². The highest BCUT2D eigenvalue weighted by Crippen LogP contribution is 2.56. The van der Waals surface area contributed by atoms with Crippen molar-refractivity contribution in [2.24, 2.45) is 0 Å². The smallest absolute Gasteiger partial charge is 0.0262 e. The van der Waals surface area contributed by atoms with Crippen LogP contribution in [0.4, 0.5) is 0 Å². The van der Waals surface area contributed by atoms with E-state index in [0.29, 0.717) is 17.9 Å². The Morgan fingerprint density at radius 3 is 2.35 bits per heavy atom. The summed E-state index contributed by atoms with van der Waals surface area (Å²) in [6.45, 7) is 8.39. The van der Waals surface area contributed by atoms with Crippen LogP contribution in [-0.2, 0) is 0 Å². The second kappa shape index (κ2) is 5.49. The van der Waals surface area contributed by atoms with E-state index < -0.39 is 0 Å². The van der Waals surface area contributed by atoms with Crippen molar-refractivity contribution >= 4 is 0 Å². The minimum atomic E-state index is 0.281. The van der Waals surface area contributed by atoms with Gasteiger partial charge in [0.2, 0.25) is 0 Å². The van der Waals surface area contributed by atoms with Crippen molar-refractivity contribution in [2.45, 2.75) is 57.0 Å². The molecule has 1 heterocycles. The van der Waals surface area contributed by atoms with Crippen molar-refractivity contribution in [3.8, 4) is 0 Å². The third kappa shape index (κ3) is 2.17. The summed E-state index contributed by atoms with van der Waals surface area (Å²) in [5.41, 5.74) is 4.91. The van der Waals surface area contributed by atoms with Crippen molar-refractivity contribution in [3.05, 3.63) is 71.3 Å². The maximum atomic E-state index is 2.75. The van der Waals surface area contributed by atoms with E-state index in [4.69, 9.17) is 0 Å². The number of likely N-dealkylation sites (N-methyl/N-ethyl adjacent to an activating group) is 1. The van der Waals surface area contributed by atoms with Crippen LogP contribution in [0.5, 0.6) is 0 Å². The molecule has 2 aromatic carbocycles. The Hall–Kier alpha value is -1.60. The van der Waals surface area contributed by atoms with Crippen LogP contribution in [0.2, 0.25) is 0 Å². The molecule has 120 valence electrons. The molecule has 1 heteroatoms. The molecule has 4 atom stereocenters. The number of rotatable bonds is 2. The monoisotopic (exact) mass is 305 g/mol. The fraction of sp³-hybridized carbons (Fsp3) is 0.455. The van der Waals surface area contributed by atoms with Gasteiger partial charge in [0, 0.05) is 23.4 Å². The first-order chi connectivity index (χ1) is 11.1. The lowest BCUT2D eigenvalue weighted by molar-refractivity contribution is 0.0990. The Kier molecular flexibility index (Phi) is 3.57. The van der Waals surface area contributed by atoms with Crippen LogP contribution in [0.15, 0.2) is 54.6 Å². The van der Waals surface area contributed by atoms with Crippen LogP contribution in [0.25, 0.3) is 0 Å². The van der Waals surface area contributed by atoms with Gasteiger partial charge in [-0.3, -0.25) is 4.90 Å². The first-order valence-corrected chi connectivity index (χ1v) is 9.05. The summed E-state index contributed by atoms with van der Waals surface area (Å²) in [4.78, 5) is 2.75. The molecule has 4 unspecified atom stereocenters. The van der Waals surface area contributed by atoms with E-state index in [9.17, 15) is 0 Å². The molecule has 23 heavy (non-hydrogen) atoms. The topological polar surface area (TPSA) is 3.24 Å². The van der Waals surface area contributed by atoms with Crippen molar-refractivity contribution in [2.75, 3.05) is 6.54 Å². The number of benzene rings is 2. The third-order valence-corrected chi connectivity index (χ3v) is 6.42. The normalized spacial score (nSPS) is 33.3. The quantitative estimate of drug-likeness (QED) is 0.739. The van der Waals surface area contributed by atoms with Gasteiger partial charge in [0.1, 0.15) is 0 Å². The average Bonchev–Trinajstić information content (AvgIpc) is 2.85. The molecule has 0 spiro atoms. The van der Waals surface area contributed by atoms with Gasteiger partial charge in [-0.1, -0.05) is 61.5 Å². The van der Waals surface area contributed by atoms with Crippen molar-refractivity contribution < 1.29 is 0 Å². The predicted molar refractivity (Wildman–Crippen MR) is 96.9 cm³/mol. The van der Waals surface area contributed by atoms with E-state index in [2.05, 4.69) is 80.3 Å². The number of hydrogen-bond acceptors (Lipinski definition) is 1. The maximum Gasteiger partial charge on any atom is 0.0262 e. The molecule has 0 saturated carbocycles. The van der Waals surface area contributed by atoms with Crippen molar-refractivity contribution in [1.82, 2.24) is 4.90 Å². The Balaban J connectivity index is 1.87. The first kappa shape index (κ1) is 15.0. The van der Waals surface area contributed by atoms with Crippen LogP contribution in [0.3, 0.4) is 0 Å². The van der Waals surface area contributed by atoms with Gasteiger partial charge in [0.25, 0.3) is 0 Å². The van der Waals surface area contributed by atoms with Crippen LogP contribution in [0, 0.1) is 0 Å². The van der Waals surface area contributed by atoms with Gasteiger partial charge >= 0.3 is 0 Å². The number of hydrogen-bond donors (Lipinski definition) is 0. The third-order valence-electron chi connectivity index (χ3n) is 6.42. The van der Waals surface area contributed by atoms with Crippen LogP contribution in [-0.4, -0.2) is 23.0 Å². The van der Waals surface area contributed by atoms with Gasteiger partial charge in [-0.2, -0.15) is 0 Å². The fourth-order valence-electron chi connectivity index (χ4n) is 5.47. The Labute approximate surface area is 140 Å². The Morgan fingerprint density at radius 1 is 1.00 bits per heavy atom. The summed E-state index contributed by atoms with van der Waals surface area (Å²) in [6, 6.07) is 21.0. The van der Waals surface area contributed by atoms with Gasteiger partial charge in [-0.05, 0) is 49.9 Å². The van der Waals surface area contributed by atoms with Crippen molar-refractivity contribution in [1.29, 1.82) is 0 Å². The number of nitrogens with zero attached hydrogens (tertiary/aromatic N) is 1. The maximum absolute atomic E-state index is 2.75. The lowest BCUT2D eigenvalue weighted by Crippen LogP contribution is -2.49. The molecular formula is C22H27N. The Bertz CT molecular complexity index is 692. The van der Waals surface area contributed by atoms with Crippen LogP contribution in [0.1, 0.15) is 62.1 Å². The molecule has 2 aliphatic rings. The lowest BCUT2D eigenvalue weighted by Gasteiger charge is -2.47. The van der Waals surface area contributed by atoms with Crippen LogP contribution < -0.4 is 0 Å². The van der Waals surface area contributed by atoms with Gasteiger partial charge < -0.3 is 0 Å².